The molecule has 0 aliphatic heterocycles. The SMILES string of the molecule is CCCCCCCCC(CCCCCC)COc1cc(-c2cc[c]([Sn]([CH3])([CH3])[CH3])s2)c(OCC(CCCCCC)CCCCCCCC)cc1-c1cc[c]([Sn]([CH3])([CH3])[CH3])s1. The summed E-state index contributed by atoms with van der Waals surface area (Å²) in [4.78, 5) is 18.0. The molecule has 330 valence electrons. The number of unbranched alkanes of at least 4 members (excludes halogenated alkanes) is 16. The normalized spacial score (nSPS) is 13.3. The standard InChI is InChI=1S/C46H72O2S2.6CH3.2Sn/c1-5-9-13-17-19-23-29-39(27-21-15-11-7-3)37-47-43-35-42(46-32-26-34-50-46)44(36-41(43)45-31-25-33-49-45)48-38-40(28-22-16-12-8-4)30-24-20-18-14-10-6-2;;;;;;;;/h25-26,31-32,35-36,39-40H,5-24,27-30,37-38H2,1-4H3;6*1H3;;. The van der Waals surface area contributed by atoms with Crippen LogP contribution in [-0.2, 0) is 0 Å². The van der Waals surface area contributed by atoms with Gasteiger partial charge in [-0.2, -0.15) is 0 Å². The maximum absolute atomic E-state index is 7.17. The van der Waals surface area contributed by atoms with Gasteiger partial charge in [0.2, 0.25) is 0 Å². The molecule has 0 aliphatic rings. The third-order valence-electron chi connectivity index (χ3n) is 12.1. The van der Waals surface area contributed by atoms with Gasteiger partial charge in [-0.3, -0.25) is 0 Å². The van der Waals surface area contributed by atoms with Crippen molar-refractivity contribution in [3.63, 3.8) is 0 Å². The number of benzene rings is 1. The van der Waals surface area contributed by atoms with Crippen LogP contribution in [0.25, 0.3) is 20.9 Å². The van der Waals surface area contributed by atoms with Crippen LogP contribution >= 0.6 is 22.7 Å². The van der Waals surface area contributed by atoms with E-state index in [0.717, 1.165) is 24.7 Å². The molecule has 6 heteroatoms. The van der Waals surface area contributed by atoms with Crippen molar-refractivity contribution in [1.29, 1.82) is 0 Å². The van der Waals surface area contributed by atoms with Gasteiger partial charge in [-0.1, -0.05) is 79.1 Å². The van der Waals surface area contributed by atoms with Crippen molar-refractivity contribution >= 4 is 65.2 Å². The van der Waals surface area contributed by atoms with Gasteiger partial charge in [0.15, 0.2) is 0 Å². The summed E-state index contributed by atoms with van der Waals surface area (Å²) >= 11 is -0.466. The van der Waals surface area contributed by atoms with E-state index in [0.29, 0.717) is 11.8 Å². The zero-order valence-corrected chi connectivity index (χ0v) is 47.0. The van der Waals surface area contributed by atoms with Gasteiger partial charge in [0.1, 0.15) is 0 Å². The van der Waals surface area contributed by atoms with E-state index >= 15 is 0 Å². The van der Waals surface area contributed by atoms with Crippen molar-refractivity contribution in [3.8, 4) is 32.4 Å². The molecule has 0 N–H and O–H groups in total. The van der Waals surface area contributed by atoms with E-state index in [-0.39, 0.29) is 0 Å². The van der Waals surface area contributed by atoms with Gasteiger partial charge < -0.3 is 0 Å². The van der Waals surface area contributed by atoms with E-state index in [4.69, 9.17) is 9.47 Å². The fourth-order valence-electron chi connectivity index (χ4n) is 8.14. The monoisotopic (exact) mass is 1050 g/mol. The van der Waals surface area contributed by atoms with Crippen molar-refractivity contribution < 1.29 is 9.47 Å². The van der Waals surface area contributed by atoms with Gasteiger partial charge in [-0.15, -0.1) is 0 Å². The van der Waals surface area contributed by atoms with E-state index in [1.807, 2.05) is 22.7 Å². The first-order chi connectivity index (χ1) is 27.9. The Morgan fingerprint density at radius 1 is 0.414 bits per heavy atom. The van der Waals surface area contributed by atoms with E-state index in [2.05, 4.69) is 93.7 Å². The Morgan fingerprint density at radius 2 is 0.707 bits per heavy atom. The molecule has 0 radical (unpaired) electrons. The molecule has 0 spiro atoms. The second-order valence-electron chi connectivity index (χ2n) is 19.8. The third-order valence-corrected chi connectivity index (χ3v) is 33.3. The molecule has 3 rings (SSSR count). The Hall–Kier alpha value is -0.183. The average molecular weight is 1050 g/mol. The molecule has 2 nitrogen and oxygen atoms in total. The first-order valence-corrected chi connectivity index (χ1v) is 46.2. The zero-order valence-electron chi connectivity index (χ0n) is 39.6. The van der Waals surface area contributed by atoms with Crippen molar-refractivity contribution in [1.82, 2.24) is 0 Å². The van der Waals surface area contributed by atoms with Crippen LogP contribution in [0.1, 0.15) is 182 Å². The Bertz CT molecular complexity index is 1380. The summed E-state index contributed by atoms with van der Waals surface area (Å²) in [6, 6.07) is 14.5. The van der Waals surface area contributed by atoms with Crippen LogP contribution < -0.4 is 15.3 Å². The first kappa shape index (κ1) is 52.2. The minimum atomic E-state index is -2.26. The Balaban J connectivity index is 2.02. The van der Waals surface area contributed by atoms with Crippen LogP contribution in [-0.4, -0.2) is 50.0 Å². The first-order valence-electron chi connectivity index (χ1n) is 24.6. The number of hydrogen-bond acceptors (Lipinski definition) is 4. The van der Waals surface area contributed by atoms with Gasteiger partial charge in [0, 0.05) is 0 Å². The maximum atomic E-state index is 7.17. The van der Waals surface area contributed by atoms with Gasteiger partial charge >= 0.3 is 301 Å². The van der Waals surface area contributed by atoms with Gasteiger partial charge in [0.25, 0.3) is 0 Å². The fourth-order valence-corrected chi connectivity index (χ4v) is 20.8. The molecular formula is C52H90O2S2Sn2. The zero-order chi connectivity index (χ0) is 42.2. The van der Waals surface area contributed by atoms with Crippen LogP contribution in [0.15, 0.2) is 36.4 Å². The topological polar surface area (TPSA) is 18.5 Å². The van der Waals surface area contributed by atoms with E-state index in [1.54, 1.807) is 5.79 Å². The number of hydrogen-bond donors (Lipinski definition) is 0. The average Bonchev–Trinajstić information content (AvgIpc) is 3.90. The Morgan fingerprint density at radius 3 is 1.00 bits per heavy atom. The summed E-state index contributed by atoms with van der Waals surface area (Å²) in [7, 11) is 0. The quantitative estimate of drug-likeness (QED) is 0.0438. The van der Waals surface area contributed by atoms with Crippen molar-refractivity contribution in [2.75, 3.05) is 13.2 Å². The van der Waals surface area contributed by atoms with E-state index < -0.39 is 36.8 Å². The summed E-state index contributed by atoms with van der Waals surface area (Å²) in [5.41, 5.74) is 2.49. The van der Waals surface area contributed by atoms with Crippen molar-refractivity contribution in [3.05, 3.63) is 36.4 Å². The third kappa shape index (κ3) is 19.9. The van der Waals surface area contributed by atoms with Crippen molar-refractivity contribution in [2.24, 2.45) is 11.8 Å². The summed E-state index contributed by atoms with van der Waals surface area (Å²) in [6.07, 6.45) is 32.1. The molecule has 0 bridgehead atoms. The summed E-state index contributed by atoms with van der Waals surface area (Å²) in [5.74, 6) is 3.36. The van der Waals surface area contributed by atoms with Gasteiger partial charge in [0.05, 0.1) is 0 Å². The predicted octanol–water partition coefficient (Wildman–Crippen LogP) is 17.7. The summed E-state index contributed by atoms with van der Waals surface area (Å²) < 4.78 is 17.6. The van der Waals surface area contributed by atoms with Crippen LogP contribution in [0, 0.1) is 11.8 Å². The minimum absolute atomic E-state index is 0.610. The molecule has 0 fully saturated rings. The Kier molecular flexibility index (Phi) is 26.3. The molecule has 0 saturated carbocycles. The molecule has 2 unspecified atom stereocenters. The number of rotatable bonds is 34. The fraction of sp³-hybridized carbons (Fsp3) is 0.731. The summed E-state index contributed by atoms with van der Waals surface area (Å²) in [5, 5.41) is 0. The van der Waals surface area contributed by atoms with Gasteiger partial charge in [-0.25, -0.2) is 0 Å². The molecule has 0 saturated heterocycles. The number of thiophene rings is 2. The molecule has 2 heterocycles. The molecule has 0 aliphatic carbocycles. The van der Waals surface area contributed by atoms with E-state index in [9.17, 15) is 0 Å². The van der Waals surface area contributed by atoms with Crippen LogP contribution in [0.5, 0.6) is 11.5 Å². The molecular weight excluding hydrogens is 958 g/mol. The van der Waals surface area contributed by atoms with E-state index in [1.165, 1.54) is 175 Å². The molecule has 2 atom stereocenters. The van der Waals surface area contributed by atoms with Gasteiger partial charge in [-0.05, 0) is 0 Å². The second-order valence-corrected chi connectivity index (χ2v) is 52.8. The van der Waals surface area contributed by atoms with Crippen LogP contribution in [0.3, 0.4) is 0 Å². The summed E-state index contributed by atoms with van der Waals surface area (Å²) in [6.45, 7) is 10.9. The Labute approximate surface area is 376 Å². The molecule has 1 aromatic carbocycles. The molecule has 58 heavy (non-hydrogen) atoms. The second kappa shape index (κ2) is 29.2. The van der Waals surface area contributed by atoms with Crippen molar-refractivity contribution in [2.45, 2.75) is 211 Å². The molecule has 0 amide bonds. The van der Waals surface area contributed by atoms with Crippen LogP contribution in [0.2, 0.25) is 29.6 Å². The number of ether oxygens (including phenoxy) is 2. The predicted molar refractivity (Wildman–Crippen MR) is 271 cm³/mol. The van der Waals surface area contributed by atoms with Crippen LogP contribution in [0.4, 0.5) is 0 Å². The molecule has 2 aromatic heterocycles. The molecule has 3 aromatic rings.